The van der Waals surface area contributed by atoms with Crippen LogP contribution in [0.25, 0.3) is 0 Å². The van der Waals surface area contributed by atoms with Crippen molar-refractivity contribution in [2.75, 3.05) is 26.2 Å². The molecule has 0 saturated carbocycles. The van der Waals surface area contributed by atoms with Crippen LogP contribution in [0.15, 0.2) is 83.8 Å². The lowest BCUT2D eigenvalue weighted by molar-refractivity contribution is -0.147. The van der Waals surface area contributed by atoms with Crippen molar-refractivity contribution in [1.82, 2.24) is 41.0 Å². The number of phenolic OH excluding ortho intramolecular Hbond substituents is 1. The van der Waals surface area contributed by atoms with Crippen molar-refractivity contribution in [2.24, 2.45) is 34.0 Å². The van der Waals surface area contributed by atoms with E-state index >= 15 is 0 Å². The molecule has 8 atom stereocenters. The van der Waals surface area contributed by atoms with Gasteiger partial charge in [0.05, 0.1) is 24.7 Å². The van der Waals surface area contributed by atoms with Crippen LogP contribution in [-0.4, -0.2) is 151 Å². The highest BCUT2D eigenvalue weighted by atomic mass is 16.4. The van der Waals surface area contributed by atoms with Gasteiger partial charge >= 0.3 is 11.9 Å². The Hall–Kier alpha value is -7.82. The molecule has 2 aliphatic rings. The lowest BCUT2D eigenvalue weighted by Gasteiger charge is -2.37. The molecule has 23 nitrogen and oxygen atoms in total. The van der Waals surface area contributed by atoms with Crippen molar-refractivity contribution >= 4 is 53.3 Å². The number of carbonyl (C=O) groups is 8. The van der Waals surface area contributed by atoms with Crippen LogP contribution in [0.2, 0.25) is 0 Å². The van der Waals surface area contributed by atoms with Gasteiger partial charge in [-0.05, 0) is 67.7 Å². The predicted molar refractivity (Wildman–Crippen MR) is 267 cm³/mol. The minimum Gasteiger partial charge on any atom is -0.508 e. The maximum Gasteiger partial charge on any atom is 0.326 e. The third-order valence-corrected chi connectivity index (χ3v) is 13.0. The zero-order chi connectivity index (χ0) is 53.2. The summed E-state index contributed by atoms with van der Waals surface area (Å²) in [6.07, 6.45) is 5.73. The van der Waals surface area contributed by atoms with Crippen molar-refractivity contribution in [1.29, 1.82) is 0 Å². The van der Waals surface area contributed by atoms with Gasteiger partial charge in [-0.3, -0.25) is 38.6 Å². The molecule has 23 heteroatoms. The van der Waals surface area contributed by atoms with Gasteiger partial charge in [-0.1, -0.05) is 74.4 Å². The number of nitrogens with one attached hydrogen (secondary N) is 5. The number of H-pyrrole nitrogens is 1. The van der Waals surface area contributed by atoms with Crippen LogP contribution >= 0.6 is 0 Å². The summed E-state index contributed by atoms with van der Waals surface area (Å²) in [6.45, 7) is 3.91. The van der Waals surface area contributed by atoms with E-state index in [0.717, 1.165) is 0 Å². The number of carboxylic acid groups (broad SMARTS) is 2. The van der Waals surface area contributed by atoms with E-state index in [0.29, 0.717) is 35.2 Å². The molecular formula is C50H68N12O11. The Balaban J connectivity index is 1.39. The van der Waals surface area contributed by atoms with Gasteiger partial charge in [0.15, 0.2) is 5.96 Å². The van der Waals surface area contributed by atoms with Crippen molar-refractivity contribution in [3.8, 4) is 5.75 Å². The number of carbonyl (C=O) groups excluding carboxylic acids is 6. The first-order valence-corrected chi connectivity index (χ1v) is 24.4. The summed E-state index contributed by atoms with van der Waals surface area (Å²) in [5, 5.41) is 40.2. The Labute approximate surface area is 422 Å². The molecule has 0 radical (unpaired) electrons. The zero-order valence-corrected chi connectivity index (χ0v) is 41.1. The molecule has 3 aromatic rings. The normalized spacial score (nSPS) is 18.1. The minimum absolute atomic E-state index is 0.0129. The second kappa shape index (κ2) is 27.1. The van der Waals surface area contributed by atoms with E-state index in [1.54, 1.807) is 48.5 Å². The number of imidazole rings is 1. The number of nitrogens with two attached hydrogens (primary N) is 3. The second-order valence-corrected chi connectivity index (χ2v) is 18.5. The maximum absolute atomic E-state index is 14.9. The van der Waals surface area contributed by atoms with Crippen LogP contribution in [0, 0.1) is 11.8 Å². The Morgan fingerprint density at radius 2 is 1.60 bits per heavy atom. The van der Waals surface area contributed by atoms with Gasteiger partial charge in [0.1, 0.15) is 36.0 Å². The van der Waals surface area contributed by atoms with Gasteiger partial charge in [-0.25, -0.2) is 9.78 Å². The number of aromatic amines is 1. The average Bonchev–Trinajstić information content (AvgIpc) is 4.05. The molecule has 0 unspecified atom stereocenters. The molecule has 5 rings (SSSR count). The molecule has 1 aromatic heterocycles. The van der Waals surface area contributed by atoms with Gasteiger partial charge < -0.3 is 68.6 Å². The Morgan fingerprint density at radius 3 is 2.25 bits per heavy atom. The van der Waals surface area contributed by atoms with Crippen molar-refractivity contribution in [3.05, 3.63) is 95.6 Å². The number of benzene rings is 2. The number of aliphatic imine (C=N–C) groups is 1. The van der Waals surface area contributed by atoms with E-state index < -0.39 is 102 Å². The van der Waals surface area contributed by atoms with Crippen LogP contribution in [0.1, 0.15) is 75.6 Å². The van der Waals surface area contributed by atoms with E-state index in [9.17, 15) is 53.7 Å². The van der Waals surface area contributed by atoms with Gasteiger partial charge in [0.2, 0.25) is 35.4 Å². The first-order valence-electron chi connectivity index (χ1n) is 24.4. The first-order chi connectivity index (χ1) is 34.8. The summed E-state index contributed by atoms with van der Waals surface area (Å²) >= 11 is 0. The highest BCUT2D eigenvalue weighted by Crippen LogP contribution is 2.28. The van der Waals surface area contributed by atoms with E-state index in [-0.39, 0.29) is 82.8 Å². The number of aromatic nitrogens is 2. The van der Waals surface area contributed by atoms with E-state index in [1.165, 1.54) is 34.5 Å². The van der Waals surface area contributed by atoms with Gasteiger partial charge in [-0.2, -0.15) is 0 Å². The summed E-state index contributed by atoms with van der Waals surface area (Å²) in [6, 6.07) is 7.86. The first kappa shape index (κ1) is 56.1. The number of amides is 6. The second-order valence-electron chi connectivity index (χ2n) is 18.5. The molecule has 0 bridgehead atoms. The number of carboxylic acids is 2. The molecule has 73 heavy (non-hydrogen) atoms. The average molecular weight is 1010 g/mol. The standard InChI is InChI=1S/C50H68N12O11/c1-3-29(2)42(46(69)59-38(24-34-27-54-28-57-34)48(71)61-19-8-12-40(61)45(68)60-39(49(72)73)23-30-9-5-4-6-10-30)62-20-17-32(22-33(47(62)70)21-31-13-15-35(63)16-14-31)26-56-44(67)37(11-7-18-55-50(52)53)58-43(66)36(51)25-41(64)65/h4-6,9-10,13-16,22,27-29,33,36-40,42,63H,3,7-8,11-12,17-21,23-26,51H2,1-2H3,(H,54,57)(H,56,67)(H,58,66)(H,59,69)(H,60,68)(H,64,65)(H,72,73)(H4,52,53,55)/t29-,33+,36-,37-,38-,39-,40-,42-/m0/s1. The molecule has 0 aliphatic carbocycles. The Kier molecular flexibility index (Phi) is 20.8. The lowest BCUT2D eigenvalue weighted by Crippen LogP contribution is -2.60. The van der Waals surface area contributed by atoms with Crippen LogP contribution < -0.4 is 38.5 Å². The fourth-order valence-corrected chi connectivity index (χ4v) is 8.96. The predicted octanol–water partition coefficient (Wildman–Crippen LogP) is -0.165. The molecule has 2 aromatic carbocycles. The van der Waals surface area contributed by atoms with Gasteiger partial charge in [0.25, 0.3) is 0 Å². The number of aromatic hydroxyl groups is 1. The third-order valence-electron chi connectivity index (χ3n) is 13.0. The van der Waals surface area contributed by atoms with Crippen molar-refractivity contribution in [3.63, 3.8) is 0 Å². The molecule has 2 aliphatic heterocycles. The fraction of sp³-hybridized carbons (Fsp3) is 0.480. The van der Waals surface area contributed by atoms with Crippen molar-refractivity contribution in [2.45, 2.75) is 114 Å². The van der Waals surface area contributed by atoms with Crippen molar-refractivity contribution < 1.29 is 53.7 Å². The molecule has 394 valence electrons. The number of rotatable bonds is 26. The zero-order valence-electron chi connectivity index (χ0n) is 41.1. The van der Waals surface area contributed by atoms with Gasteiger partial charge in [-0.15, -0.1) is 0 Å². The number of phenols is 1. The third kappa shape index (κ3) is 16.6. The maximum atomic E-state index is 14.9. The highest BCUT2D eigenvalue weighted by molar-refractivity contribution is 5.96. The SMILES string of the molecule is CC[C@H](C)[C@@H](C(=O)N[C@@H](Cc1cnc[nH]1)C(=O)N1CCC[C@H]1C(=O)N[C@@H](Cc1ccccc1)C(=O)O)N1CCC(CNC(=O)[C@H](CCCN=C(N)N)NC(=O)[C@@H](N)CC(=O)O)=C[C@@H](Cc2ccc(O)cc2)C1=O. The molecular weight excluding hydrogens is 945 g/mol. The van der Waals surface area contributed by atoms with Crippen LogP contribution in [0.4, 0.5) is 0 Å². The lowest BCUT2D eigenvalue weighted by atomic mass is 9.92. The van der Waals surface area contributed by atoms with E-state index in [2.05, 4.69) is 36.2 Å². The Morgan fingerprint density at radius 1 is 0.890 bits per heavy atom. The topological polar surface area (TPSA) is 371 Å². The fourth-order valence-electron chi connectivity index (χ4n) is 8.96. The van der Waals surface area contributed by atoms with Crippen LogP contribution in [0.3, 0.4) is 0 Å². The molecule has 1 saturated heterocycles. The molecule has 0 spiro atoms. The van der Waals surface area contributed by atoms with Gasteiger partial charge in [0, 0.05) is 50.9 Å². The number of guanidine groups is 1. The van der Waals surface area contributed by atoms with Crippen LogP contribution in [0.5, 0.6) is 5.75 Å². The number of nitrogens with zero attached hydrogens (tertiary/aromatic N) is 4. The number of hydrogen-bond donors (Lipinski definition) is 11. The summed E-state index contributed by atoms with van der Waals surface area (Å²) < 4.78 is 0. The summed E-state index contributed by atoms with van der Waals surface area (Å²) in [4.78, 5) is 122. The quantitative estimate of drug-likeness (QED) is 0.0215. The van der Waals surface area contributed by atoms with Crippen LogP contribution in [-0.2, 0) is 57.6 Å². The minimum atomic E-state index is -1.44. The molecule has 14 N–H and O–H groups in total. The molecule has 3 heterocycles. The monoisotopic (exact) mass is 1010 g/mol. The molecule has 1 fully saturated rings. The summed E-state index contributed by atoms with van der Waals surface area (Å²) in [5.74, 6) is -7.78. The highest BCUT2D eigenvalue weighted by Gasteiger charge is 2.42. The number of likely N-dealkylation sites (tertiary alicyclic amines) is 1. The summed E-state index contributed by atoms with van der Waals surface area (Å²) in [5.41, 5.74) is 19.2. The summed E-state index contributed by atoms with van der Waals surface area (Å²) in [7, 11) is 0. The largest absolute Gasteiger partial charge is 0.508 e. The smallest absolute Gasteiger partial charge is 0.326 e. The Bertz CT molecular complexity index is 2450. The van der Waals surface area contributed by atoms with E-state index in [1.807, 2.05) is 13.8 Å². The van der Waals surface area contributed by atoms with E-state index in [4.69, 9.17) is 17.2 Å². The number of hydrogen-bond acceptors (Lipinski definition) is 12. The molecule has 6 amide bonds. The number of aliphatic carboxylic acids is 2.